The predicted octanol–water partition coefficient (Wildman–Crippen LogP) is 4.75. The van der Waals surface area contributed by atoms with Crippen molar-refractivity contribution in [2.75, 3.05) is 32.8 Å². The van der Waals surface area contributed by atoms with E-state index in [1.165, 1.54) is 6.08 Å². The van der Waals surface area contributed by atoms with Crippen molar-refractivity contribution in [3.63, 3.8) is 0 Å². The first-order chi connectivity index (χ1) is 14.5. The quantitative estimate of drug-likeness (QED) is 0.374. The Labute approximate surface area is 181 Å². The molecular formula is C23H26ClN3O3. The average Bonchev–Trinajstić information content (AvgIpc) is 2.74. The number of ketones is 1. The lowest BCUT2D eigenvalue weighted by atomic mass is 10.0. The third-order valence-corrected chi connectivity index (χ3v) is 5.34. The van der Waals surface area contributed by atoms with Crippen LogP contribution in [0.1, 0.15) is 34.0 Å². The molecule has 1 saturated heterocycles. The maximum absolute atomic E-state index is 12.9. The van der Waals surface area contributed by atoms with E-state index in [1.807, 2.05) is 32.0 Å². The van der Waals surface area contributed by atoms with Gasteiger partial charge in [0.05, 0.1) is 12.2 Å². The van der Waals surface area contributed by atoms with Crippen molar-refractivity contribution in [2.45, 2.75) is 20.4 Å². The molecule has 7 heteroatoms. The van der Waals surface area contributed by atoms with E-state index in [0.717, 1.165) is 42.9 Å². The normalized spacial score (nSPS) is 14.8. The van der Waals surface area contributed by atoms with E-state index in [-0.39, 0.29) is 17.0 Å². The zero-order valence-electron chi connectivity index (χ0n) is 17.3. The Balaban J connectivity index is 1.91. The van der Waals surface area contributed by atoms with Gasteiger partial charge in [-0.1, -0.05) is 23.7 Å². The first-order valence-corrected chi connectivity index (χ1v) is 10.4. The molecule has 0 amide bonds. The van der Waals surface area contributed by atoms with Crippen LogP contribution >= 0.6 is 11.6 Å². The monoisotopic (exact) mass is 427 g/mol. The number of benzene rings is 2. The topological polar surface area (TPSA) is 71.0 Å². The van der Waals surface area contributed by atoms with Crippen LogP contribution in [0, 0.1) is 11.8 Å². The van der Waals surface area contributed by atoms with E-state index in [4.69, 9.17) is 16.3 Å². The highest BCUT2D eigenvalue weighted by atomic mass is 35.5. The molecule has 1 fully saturated rings. The molecule has 0 unspecified atom stereocenters. The summed E-state index contributed by atoms with van der Waals surface area (Å²) in [5, 5.41) is 6.97. The van der Waals surface area contributed by atoms with Crippen molar-refractivity contribution in [1.29, 1.82) is 0 Å². The molecule has 0 radical (unpaired) electrons. The molecule has 2 aromatic rings. The van der Waals surface area contributed by atoms with E-state index >= 15 is 0 Å². The van der Waals surface area contributed by atoms with Crippen molar-refractivity contribution in [3.8, 4) is 5.75 Å². The molecule has 3 rings (SSSR count). The summed E-state index contributed by atoms with van der Waals surface area (Å²) in [4.78, 5) is 26.6. The summed E-state index contributed by atoms with van der Waals surface area (Å²) in [7, 11) is 0. The van der Waals surface area contributed by atoms with Gasteiger partial charge in [0.15, 0.2) is 5.78 Å². The number of hydrogen-bond acceptors (Lipinski definition) is 6. The van der Waals surface area contributed by atoms with Crippen LogP contribution in [0.5, 0.6) is 5.75 Å². The second-order valence-corrected chi connectivity index (χ2v) is 7.66. The number of nitrogens with one attached hydrogen (secondary N) is 1. The van der Waals surface area contributed by atoms with Gasteiger partial charge in [0.1, 0.15) is 11.4 Å². The van der Waals surface area contributed by atoms with Crippen molar-refractivity contribution >= 4 is 29.1 Å². The van der Waals surface area contributed by atoms with Crippen LogP contribution in [0.2, 0.25) is 5.02 Å². The number of hydrogen-bond donors (Lipinski definition) is 1. The molecule has 0 spiro atoms. The molecule has 0 aliphatic carbocycles. The molecule has 30 heavy (non-hydrogen) atoms. The van der Waals surface area contributed by atoms with Gasteiger partial charge in [0.25, 0.3) is 0 Å². The standard InChI is InChI=1S/C23H26ClN3O3/c1-3-30-23-14-21(26-29)19(13-18(23)15-27-10-8-25-9-11-27)22(28)7-6-17-5-4-16(2)12-20(17)24/h4-7,12-14,25H,3,8-11,15H2,1-2H3/b7-6+. The average molecular weight is 428 g/mol. The number of carbonyl (C=O) groups is 1. The second-order valence-electron chi connectivity index (χ2n) is 7.25. The maximum atomic E-state index is 12.9. The molecular weight excluding hydrogens is 402 g/mol. The smallest absolute Gasteiger partial charge is 0.188 e. The molecule has 6 nitrogen and oxygen atoms in total. The summed E-state index contributed by atoms with van der Waals surface area (Å²) in [6.45, 7) is 8.61. The SMILES string of the molecule is CCOc1cc(N=O)c(C(=O)/C=C/c2ccc(C)cc2Cl)cc1CN1CCNCC1. The highest BCUT2D eigenvalue weighted by Crippen LogP contribution is 2.31. The highest BCUT2D eigenvalue weighted by molar-refractivity contribution is 6.32. The summed E-state index contributed by atoms with van der Waals surface area (Å²) >= 11 is 6.25. The molecule has 158 valence electrons. The third-order valence-electron chi connectivity index (χ3n) is 5.02. The summed E-state index contributed by atoms with van der Waals surface area (Å²) in [6.07, 6.45) is 3.08. The Bertz CT molecular complexity index is 953. The third kappa shape index (κ3) is 5.53. The van der Waals surface area contributed by atoms with E-state index in [9.17, 15) is 9.70 Å². The van der Waals surface area contributed by atoms with Gasteiger partial charge in [0.2, 0.25) is 0 Å². The number of piperazine rings is 1. The molecule has 1 N–H and O–H groups in total. The second kappa shape index (κ2) is 10.5. The number of carbonyl (C=O) groups excluding carboxylic acids is 1. The summed E-state index contributed by atoms with van der Waals surface area (Å²) in [6, 6.07) is 8.92. The fraction of sp³-hybridized carbons (Fsp3) is 0.348. The number of halogens is 1. The number of aryl methyl sites for hydroxylation is 1. The van der Waals surface area contributed by atoms with Crippen LogP contribution < -0.4 is 10.1 Å². The summed E-state index contributed by atoms with van der Waals surface area (Å²) < 4.78 is 5.72. The number of nitroso groups, excluding NO2 is 1. The van der Waals surface area contributed by atoms with Crippen LogP contribution in [0.3, 0.4) is 0 Å². The van der Waals surface area contributed by atoms with Crippen molar-refractivity contribution in [1.82, 2.24) is 10.2 Å². The fourth-order valence-corrected chi connectivity index (χ4v) is 3.73. The highest BCUT2D eigenvalue weighted by Gasteiger charge is 2.19. The van der Waals surface area contributed by atoms with Crippen molar-refractivity contribution < 1.29 is 9.53 Å². The molecule has 0 saturated carbocycles. The van der Waals surface area contributed by atoms with E-state index in [1.54, 1.807) is 18.2 Å². The Morgan fingerprint density at radius 1 is 1.27 bits per heavy atom. The minimum Gasteiger partial charge on any atom is -0.493 e. The lowest BCUT2D eigenvalue weighted by molar-refractivity contribution is 0.104. The molecule has 1 aliphatic rings. The first kappa shape index (κ1) is 22.2. The molecule has 0 bridgehead atoms. The van der Waals surface area contributed by atoms with Crippen LogP contribution in [0.4, 0.5) is 5.69 Å². The molecule has 0 atom stereocenters. The van der Waals surface area contributed by atoms with Crippen LogP contribution in [0.25, 0.3) is 6.08 Å². The number of nitrogens with zero attached hydrogens (tertiary/aromatic N) is 2. The van der Waals surface area contributed by atoms with Gasteiger partial charge < -0.3 is 10.1 Å². The molecule has 1 heterocycles. The Kier molecular flexibility index (Phi) is 7.74. The van der Waals surface area contributed by atoms with Gasteiger partial charge in [-0.05, 0) is 54.4 Å². The van der Waals surface area contributed by atoms with Gasteiger partial charge in [-0.15, -0.1) is 4.91 Å². The zero-order valence-corrected chi connectivity index (χ0v) is 18.0. The summed E-state index contributed by atoms with van der Waals surface area (Å²) in [5.74, 6) is 0.290. The Morgan fingerprint density at radius 2 is 2.03 bits per heavy atom. The fourth-order valence-electron chi connectivity index (χ4n) is 3.43. The van der Waals surface area contributed by atoms with Crippen LogP contribution in [-0.2, 0) is 6.54 Å². The van der Waals surface area contributed by atoms with Crippen LogP contribution in [0.15, 0.2) is 41.6 Å². The van der Waals surface area contributed by atoms with E-state index < -0.39 is 0 Å². The van der Waals surface area contributed by atoms with Gasteiger partial charge in [-0.25, -0.2) is 0 Å². The Morgan fingerprint density at radius 3 is 2.70 bits per heavy atom. The van der Waals surface area contributed by atoms with Gasteiger partial charge in [-0.3, -0.25) is 9.69 Å². The summed E-state index contributed by atoms with van der Waals surface area (Å²) in [5.41, 5.74) is 2.99. The number of ether oxygens (including phenoxy) is 1. The van der Waals surface area contributed by atoms with E-state index in [0.29, 0.717) is 23.9 Å². The zero-order chi connectivity index (χ0) is 21.5. The van der Waals surface area contributed by atoms with Crippen LogP contribution in [-0.4, -0.2) is 43.5 Å². The molecule has 0 aromatic heterocycles. The molecule has 1 aliphatic heterocycles. The predicted molar refractivity (Wildman–Crippen MR) is 121 cm³/mol. The Hall–Kier alpha value is -2.54. The van der Waals surface area contributed by atoms with Gasteiger partial charge in [-0.2, -0.15) is 0 Å². The largest absolute Gasteiger partial charge is 0.493 e. The minimum atomic E-state index is -0.300. The minimum absolute atomic E-state index is 0.0761. The molecule has 2 aromatic carbocycles. The van der Waals surface area contributed by atoms with Gasteiger partial charge >= 0.3 is 0 Å². The van der Waals surface area contributed by atoms with E-state index in [2.05, 4.69) is 15.4 Å². The van der Waals surface area contributed by atoms with Crippen molar-refractivity contribution in [2.24, 2.45) is 5.18 Å². The number of rotatable bonds is 8. The maximum Gasteiger partial charge on any atom is 0.188 e. The lowest BCUT2D eigenvalue weighted by Gasteiger charge is -2.28. The lowest BCUT2D eigenvalue weighted by Crippen LogP contribution is -2.42. The van der Waals surface area contributed by atoms with Gasteiger partial charge in [0, 0.05) is 49.4 Å². The van der Waals surface area contributed by atoms with Crippen molar-refractivity contribution in [3.05, 3.63) is 68.6 Å². The number of allylic oxidation sites excluding steroid dienone is 1. The first-order valence-electron chi connectivity index (χ1n) is 10.1.